The number of ether oxygens (including phenoxy) is 1. The van der Waals surface area contributed by atoms with E-state index in [4.69, 9.17) is 16.2 Å². The Morgan fingerprint density at radius 3 is 2.62 bits per heavy atom. The van der Waals surface area contributed by atoms with Gasteiger partial charge in [-0.3, -0.25) is 4.79 Å². The molecule has 1 aromatic carbocycles. The number of hydrogen-bond acceptors (Lipinski definition) is 6. The second-order valence-corrected chi connectivity index (χ2v) is 10.5. The first-order chi connectivity index (χ1) is 16.5. The van der Waals surface area contributed by atoms with Gasteiger partial charge in [0.2, 0.25) is 0 Å². The summed E-state index contributed by atoms with van der Waals surface area (Å²) >= 11 is 0. The average molecular weight is 457 g/mol. The van der Waals surface area contributed by atoms with Gasteiger partial charge in [-0.2, -0.15) is 0 Å². The number of benzene rings is 1. The molecule has 8 nitrogen and oxygen atoms in total. The Balaban J connectivity index is 1.42. The molecule has 3 heterocycles. The molecule has 0 atom stereocenters. The third kappa shape index (κ3) is 2.54. The van der Waals surface area contributed by atoms with E-state index in [0.717, 1.165) is 71.3 Å². The molecule has 8 rings (SSSR count). The maximum atomic E-state index is 13.7. The van der Waals surface area contributed by atoms with Gasteiger partial charge in [-0.15, -0.1) is 0 Å². The highest BCUT2D eigenvalue weighted by molar-refractivity contribution is 6.02. The molecule has 174 valence electrons. The third-order valence-electron chi connectivity index (χ3n) is 8.60. The molecular weight excluding hydrogens is 428 g/mol. The lowest BCUT2D eigenvalue weighted by Crippen LogP contribution is -2.61. The second kappa shape index (κ2) is 6.82. The first kappa shape index (κ1) is 20.0. The highest BCUT2D eigenvalue weighted by atomic mass is 16.5. The number of methoxy groups -OCH3 is 1. The highest BCUT2D eigenvalue weighted by Crippen LogP contribution is 2.62. The minimum atomic E-state index is -0.0166. The quantitative estimate of drug-likeness (QED) is 0.476. The zero-order valence-corrected chi connectivity index (χ0v) is 19.2. The van der Waals surface area contributed by atoms with E-state index in [-0.39, 0.29) is 11.1 Å². The van der Waals surface area contributed by atoms with Gasteiger partial charge >= 0.3 is 0 Å². The highest BCUT2D eigenvalue weighted by Gasteiger charge is 2.58. The van der Waals surface area contributed by atoms with Gasteiger partial charge in [-0.25, -0.2) is 9.97 Å². The summed E-state index contributed by atoms with van der Waals surface area (Å²) in [6.45, 7) is 0.709. The van der Waals surface area contributed by atoms with E-state index in [1.807, 2.05) is 29.0 Å². The fourth-order valence-electron chi connectivity index (χ4n) is 6.45. The van der Waals surface area contributed by atoms with E-state index in [1.54, 1.807) is 7.11 Å². The number of aromatic nitrogens is 4. The Morgan fingerprint density at radius 1 is 1.15 bits per heavy atom. The molecule has 4 N–H and O–H groups in total. The van der Waals surface area contributed by atoms with Gasteiger partial charge in [0.1, 0.15) is 23.5 Å². The van der Waals surface area contributed by atoms with Crippen LogP contribution in [0.3, 0.4) is 0 Å². The van der Waals surface area contributed by atoms with Crippen LogP contribution in [-0.2, 0) is 5.54 Å². The molecule has 8 heteroatoms. The van der Waals surface area contributed by atoms with Crippen LogP contribution in [0.4, 0.5) is 5.82 Å². The van der Waals surface area contributed by atoms with E-state index in [9.17, 15) is 4.79 Å². The molecule has 0 saturated heterocycles. The minimum Gasteiger partial charge on any atom is -0.495 e. The van der Waals surface area contributed by atoms with E-state index < -0.39 is 0 Å². The van der Waals surface area contributed by atoms with Crippen LogP contribution in [0.5, 0.6) is 5.75 Å². The van der Waals surface area contributed by atoms with Crippen LogP contribution >= 0.6 is 0 Å². The monoisotopic (exact) mass is 456 g/mol. The third-order valence-corrected chi connectivity index (χ3v) is 8.60. The summed E-state index contributed by atoms with van der Waals surface area (Å²) in [4.78, 5) is 22.5. The van der Waals surface area contributed by atoms with Crippen LogP contribution in [0, 0.1) is 11.8 Å². The van der Waals surface area contributed by atoms with Crippen LogP contribution in [0.25, 0.3) is 32.9 Å². The fraction of sp³-hybridized carbons (Fsp3) is 0.423. The molecule has 0 radical (unpaired) electrons. The van der Waals surface area contributed by atoms with Crippen molar-refractivity contribution in [2.75, 3.05) is 19.4 Å². The normalized spacial score (nSPS) is 27.3. The molecule has 0 amide bonds. The standard InChI is InChI=1S/C26H28N6O2/c1-34-21-12-32(26-7-15(8-26)9-26)25(33)19-6-16(2-3-18(19)21)20-11-31(17-4-14(5-17)10-27)24-22(20)23(28)29-13-30-24/h2-3,6,11-15,17H,4-5,7-10,27H2,1H3,(H2,28,29,30). The Labute approximate surface area is 196 Å². The zero-order chi connectivity index (χ0) is 23.2. The summed E-state index contributed by atoms with van der Waals surface area (Å²) in [6.07, 6.45) is 10.9. The predicted molar refractivity (Wildman–Crippen MR) is 132 cm³/mol. The molecule has 0 spiro atoms. The molecule has 4 aromatic rings. The minimum absolute atomic E-state index is 0.0166. The number of anilines is 1. The molecule has 4 saturated carbocycles. The summed E-state index contributed by atoms with van der Waals surface area (Å²) in [5, 5.41) is 2.34. The van der Waals surface area contributed by atoms with Crippen molar-refractivity contribution in [3.05, 3.63) is 47.3 Å². The Morgan fingerprint density at radius 2 is 1.94 bits per heavy atom. The van der Waals surface area contributed by atoms with E-state index >= 15 is 0 Å². The summed E-state index contributed by atoms with van der Waals surface area (Å²) in [6, 6.07) is 6.34. The number of hydrogen-bond donors (Lipinski definition) is 2. The largest absolute Gasteiger partial charge is 0.495 e. The van der Waals surface area contributed by atoms with Crippen LogP contribution in [0.1, 0.15) is 38.1 Å². The van der Waals surface area contributed by atoms with Crippen molar-refractivity contribution >= 4 is 27.6 Å². The fourth-order valence-corrected chi connectivity index (χ4v) is 6.45. The lowest BCUT2D eigenvalue weighted by molar-refractivity contribution is -0.0913. The molecule has 2 bridgehead atoms. The molecule has 34 heavy (non-hydrogen) atoms. The van der Waals surface area contributed by atoms with Crippen molar-refractivity contribution in [1.82, 2.24) is 19.1 Å². The van der Waals surface area contributed by atoms with Gasteiger partial charge in [-0.1, -0.05) is 6.07 Å². The first-order valence-electron chi connectivity index (χ1n) is 12.1. The lowest BCUT2D eigenvalue weighted by atomic mass is 9.49. The second-order valence-electron chi connectivity index (χ2n) is 10.5. The SMILES string of the molecule is COc1cn(C23CC(C2)C3)c(=O)c2cc(-c3cn(C4CC(CN)C4)c4ncnc(N)c34)ccc12. The van der Waals surface area contributed by atoms with E-state index in [0.29, 0.717) is 29.7 Å². The molecule has 4 aliphatic carbocycles. The molecule has 0 aliphatic heterocycles. The van der Waals surface area contributed by atoms with Gasteiger partial charge in [-0.05, 0) is 68.2 Å². The Kier molecular flexibility index (Phi) is 4.02. The number of rotatable bonds is 5. The number of nitrogen functional groups attached to an aromatic ring is 1. The van der Waals surface area contributed by atoms with Crippen LogP contribution in [0.2, 0.25) is 0 Å². The van der Waals surface area contributed by atoms with Crippen molar-refractivity contribution in [2.24, 2.45) is 17.6 Å². The predicted octanol–water partition coefficient (Wildman–Crippen LogP) is 3.42. The molecule has 4 fully saturated rings. The van der Waals surface area contributed by atoms with Crippen LogP contribution < -0.4 is 21.8 Å². The van der Waals surface area contributed by atoms with Gasteiger partial charge < -0.3 is 25.3 Å². The van der Waals surface area contributed by atoms with Gasteiger partial charge in [0.25, 0.3) is 5.56 Å². The van der Waals surface area contributed by atoms with Crippen LogP contribution in [-0.4, -0.2) is 32.8 Å². The number of fused-ring (bicyclic) bond motifs is 2. The van der Waals surface area contributed by atoms with Crippen molar-refractivity contribution in [1.29, 1.82) is 0 Å². The Bertz CT molecular complexity index is 1510. The smallest absolute Gasteiger partial charge is 0.259 e. The van der Waals surface area contributed by atoms with E-state index in [1.165, 1.54) is 6.33 Å². The lowest BCUT2D eigenvalue weighted by Gasteiger charge is -2.62. The molecular formula is C26H28N6O2. The summed E-state index contributed by atoms with van der Waals surface area (Å²) < 4.78 is 9.85. The summed E-state index contributed by atoms with van der Waals surface area (Å²) in [5.41, 5.74) is 15.0. The maximum absolute atomic E-state index is 13.7. The molecule has 3 aromatic heterocycles. The zero-order valence-electron chi connectivity index (χ0n) is 19.2. The molecule has 0 unspecified atom stereocenters. The molecule has 4 aliphatic rings. The summed E-state index contributed by atoms with van der Waals surface area (Å²) in [5.74, 6) is 2.51. The van der Waals surface area contributed by atoms with Gasteiger partial charge in [0.15, 0.2) is 0 Å². The van der Waals surface area contributed by atoms with Crippen molar-refractivity contribution in [2.45, 2.75) is 43.7 Å². The van der Waals surface area contributed by atoms with Gasteiger partial charge in [0, 0.05) is 28.7 Å². The van der Waals surface area contributed by atoms with E-state index in [2.05, 4.69) is 20.7 Å². The topological polar surface area (TPSA) is 114 Å². The van der Waals surface area contributed by atoms with Crippen molar-refractivity contribution in [3.8, 4) is 16.9 Å². The summed E-state index contributed by atoms with van der Waals surface area (Å²) in [7, 11) is 1.67. The number of pyridine rings is 1. The van der Waals surface area contributed by atoms with Gasteiger partial charge in [0.05, 0.1) is 24.1 Å². The number of nitrogens with zero attached hydrogens (tertiary/aromatic N) is 4. The Hall–Kier alpha value is -3.39. The first-order valence-corrected chi connectivity index (χ1v) is 12.1. The van der Waals surface area contributed by atoms with Crippen molar-refractivity contribution < 1.29 is 4.74 Å². The van der Waals surface area contributed by atoms with Crippen molar-refractivity contribution in [3.63, 3.8) is 0 Å². The van der Waals surface area contributed by atoms with Crippen LogP contribution in [0.15, 0.2) is 41.7 Å². The average Bonchev–Trinajstić information content (AvgIpc) is 3.13. The number of nitrogens with two attached hydrogens (primary N) is 2. The maximum Gasteiger partial charge on any atom is 0.259 e.